The molecule has 0 aromatic heterocycles. The van der Waals surface area contributed by atoms with Crippen LogP contribution < -0.4 is 5.32 Å². The van der Waals surface area contributed by atoms with Crippen LogP contribution in [0.2, 0.25) is 0 Å². The van der Waals surface area contributed by atoms with E-state index in [1.54, 1.807) is 11.1 Å². The van der Waals surface area contributed by atoms with Crippen LogP contribution in [0.1, 0.15) is 76.1 Å². The molecule has 0 fully saturated rings. The fourth-order valence-corrected chi connectivity index (χ4v) is 3.05. The summed E-state index contributed by atoms with van der Waals surface area (Å²) >= 11 is 0. The minimum atomic E-state index is 0.290. The lowest BCUT2D eigenvalue weighted by atomic mass is 9.80. The van der Waals surface area contributed by atoms with Crippen molar-refractivity contribution in [2.45, 2.75) is 71.3 Å². The van der Waals surface area contributed by atoms with Crippen LogP contribution in [0.4, 0.5) is 0 Å². The highest BCUT2D eigenvalue weighted by Gasteiger charge is 2.23. The van der Waals surface area contributed by atoms with Crippen LogP contribution in [0.3, 0.4) is 0 Å². The zero-order valence-electron chi connectivity index (χ0n) is 13.1. The van der Waals surface area contributed by atoms with Crippen LogP contribution >= 0.6 is 0 Å². The Kier molecular flexibility index (Phi) is 4.67. The average Bonchev–Trinajstić information content (AvgIpc) is 2.61. The van der Waals surface area contributed by atoms with Gasteiger partial charge in [-0.25, -0.2) is 0 Å². The molecule has 0 saturated heterocycles. The van der Waals surface area contributed by atoms with Gasteiger partial charge in [0.1, 0.15) is 0 Å². The van der Waals surface area contributed by atoms with Crippen molar-refractivity contribution < 1.29 is 0 Å². The Morgan fingerprint density at radius 2 is 2.00 bits per heavy atom. The number of hydrogen-bond acceptors (Lipinski definition) is 1. The Labute approximate surface area is 118 Å². The second-order valence-electron chi connectivity index (χ2n) is 6.51. The summed E-state index contributed by atoms with van der Waals surface area (Å²) in [4.78, 5) is 0. The van der Waals surface area contributed by atoms with Gasteiger partial charge in [0, 0.05) is 6.04 Å². The SMILES string of the molecule is CCNC1CCCCc2ccc(C(C)(C)CC)cc21. The summed E-state index contributed by atoms with van der Waals surface area (Å²) in [6.07, 6.45) is 6.42. The molecular weight excluding hydrogens is 230 g/mol. The molecule has 1 aliphatic rings. The second-order valence-corrected chi connectivity index (χ2v) is 6.51. The van der Waals surface area contributed by atoms with Crippen molar-refractivity contribution in [3.8, 4) is 0 Å². The molecule has 0 radical (unpaired) electrons. The molecule has 2 rings (SSSR count). The number of aryl methyl sites for hydroxylation is 1. The molecule has 0 heterocycles. The number of benzene rings is 1. The molecule has 0 amide bonds. The Morgan fingerprint density at radius 1 is 1.21 bits per heavy atom. The highest BCUT2D eigenvalue weighted by atomic mass is 14.9. The summed E-state index contributed by atoms with van der Waals surface area (Å²) < 4.78 is 0. The summed E-state index contributed by atoms with van der Waals surface area (Å²) in [6, 6.07) is 7.79. The van der Waals surface area contributed by atoms with Crippen LogP contribution in [-0.2, 0) is 11.8 Å². The van der Waals surface area contributed by atoms with Crippen molar-refractivity contribution in [1.82, 2.24) is 5.32 Å². The van der Waals surface area contributed by atoms with E-state index in [0.29, 0.717) is 6.04 Å². The normalized spacial score (nSPS) is 19.9. The first kappa shape index (κ1) is 14.6. The molecule has 1 unspecified atom stereocenters. The lowest BCUT2D eigenvalue weighted by molar-refractivity contribution is 0.492. The molecule has 1 aromatic rings. The van der Waals surface area contributed by atoms with Gasteiger partial charge in [0.25, 0.3) is 0 Å². The van der Waals surface area contributed by atoms with E-state index in [-0.39, 0.29) is 5.41 Å². The van der Waals surface area contributed by atoms with E-state index >= 15 is 0 Å². The van der Waals surface area contributed by atoms with Crippen LogP contribution in [0.5, 0.6) is 0 Å². The molecule has 106 valence electrons. The molecule has 1 aliphatic carbocycles. The molecule has 1 nitrogen and oxygen atoms in total. The second kappa shape index (κ2) is 6.09. The number of fused-ring (bicyclic) bond motifs is 1. The van der Waals surface area contributed by atoms with Crippen molar-refractivity contribution in [1.29, 1.82) is 0 Å². The third-order valence-electron chi connectivity index (χ3n) is 4.83. The molecule has 1 N–H and O–H groups in total. The van der Waals surface area contributed by atoms with E-state index in [1.165, 1.54) is 37.7 Å². The monoisotopic (exact) mass is 259 g/mol. The fraction of sp³-hybridized carbons (Fsp3) is 0.667. The third-order valence-corrected chi connectivity index (χ3v) is 4.83. The van der Waals surface area contributed by atoms with Gasteiger partial charge in [-0.15, -0.1) is 0 Å². The van der Waals surface area contributed by atoms with Gasteiger partial charge < -0.3 is 5.32 Å². The first-order valence-corrected chi connectivity index (χ1v) is 7.95. The van der Waals surface area contributed by atoms with Crippen LogP contribution in [0, 0.1) is 0 Å². The molecule has 19 heavy (non-hydrogen) atoms. The predicted octanol–water partition coefficient (Wildman–Crippen LogP) is 4.75. The topological polar surface area (TPSA) is 12.0 Å². The average molecular weight is 259 g/mol. The summed E-state index contributed by atoms with van der Waals surface area (Å²) in [6.45, 7) is 10.3. The first-order chi connectivity index (χ1) is 9.08. The van der Waals surface area contributed by atoms with Crippen molar-refractivity contribution in [3.63, 3.8) is 0 Å². The maximum Gasteiger partial charge on any atom is 0.0322 e. The zero-order valence-corrected chi connectivity index (χ0v) is 13.1. The summed E-state index contributed by atoms with van der Waals surface area (Å²) in [5.74, 6) is 0. The lowest BCUT2D eigenvalue weighted by Crippen LogP contribution is -2.22. The van der Waals surface area contributed by atoms with Crippen molar-refractivity contribution in [3.05, 3.63) is 34.9 Å². The third kappa shape index (κ3) is 3.20. The maximum absolute atomic E-state index is 3.68. The standard InChI is InChI=1S/C18H29N/c1-5-18(3,4)15-12-11-14-9-7-8-10-17(19-6-2)16(14)13-15/h11-13,17,19H,5-10H2,1-4H3. The van der Waals surface area contributed by atoms with Crippen LogP contribution in [-0.4, -0.2) is 6.54 Å². The van der Waals surface area contributed by atoms with Crippen molar-refractivity contribution >= 4 is 0 Å². The Bertz CT molecular complexity index is 420. The molecular formula is C18H29N. The summed E-state index contributed by atoms with van der Waals surface area (Å²) in [7, 11) is 0. The Balaban J connectivity index is 2.39. The van der Waals surface area contributed by atoms with E-state index < -0.39 is 0 Å². The lowest BCUT2D eigenvalue weighted by Gasteiger charge is -2.26. The van der Waals surface area contributed by atoms with Gasteiger partial charge in [0.2, 0.25) is 0 Å². The number of rotatable bonds is 4. The van der Waals surface area contributed by atoms with E-state index in [2.05, 4.69) is 51.2 Å². The minimum Gasteiger partial charge on any atom is -0.310 e. The molecule has 0 aliphatic heterocycles. The smallest absolute Gasteiger partial charge is 0.0322 e. The van der Waals surface area contributed by atoms with E-state index in [9.17, 15) is 0 Å². The van der Waals surface area contributed by atoms with Gasteiger partial charge in [0.15, 0.2) is 0 Å². The highest BCUT2D eigenvalue weighted by molar-refractivity contribution is 5.38. The van der Waals surface area contributed by atoms with E-state index in [1.807, 2.05) is 0 Å². The molecule has 1 heteroatoms. The minimum absolute atomic E-state index is 0.290. The van der Waals surface area contributed by atoms with Gasteiger partial charge in [-0.3, -0.25) is 0 Å². The molecule has 0 saturated carbocycles. The van der Waals surface area contributed by atoms with Crippen molar-refractivity contribution in [2.24, 2.45) is 0 Å². The van der Waals surface area contributed by atoms with E-state index in [4.69, 9.17) is 0 Å². The van der Waals surface area contributed by atoms with Gasteiger partial charge in [-0.2, -0.15) is 0 Å². The first-order valence-electron chi connectivity index (χ1n) is 7.95. The molecule has 1 atom stereocenters. The summed E-state index contributed by atoms with van der Waals surface area (Å²) in [5.41, 5.74) is 4.92. The highest BCUT2D eigenvalue weighted by Crippen LogP contribution is 2.34. The van der Waals surface area contributed by atoms with E-state index in [0.717, 1.165) is 6.54 Å². The fourth-order valence-electron chi connectivity index (χ4n) is 3.05. The van der Waals surface area contributed by atoms with Crippen LogP contribution in [0.15, 0.2) is 18.2 Å². The number of nitrogens with one attached hydrogen (secondary N) is 1. The molecule has 1 aromatic carbocycles. The van der Waals surface area contributed by atoms with Crippen molar-refractivity contribution in [2.75, 3.05) is 6.54 Å². The summed E-state index contributed by atoms with van der Waals surface area (Å²) in [5, 5.41) is 3.68. The predicted molar refractivity (Wildman–Crippen MR) is 83.7 cm³/mol. The van der Waals surface area contributed by atoms with Gasteiger partial charge in [-0.05, 0) is 54.3 Å². The van der Waals surface area contributed by atoms with Gasteiger partial charge >= 0.3 is 0 Å². The Morgan fingerprint density at radius 3 is 2.68 bits per heavy atom. The number of hydrogen-bond donors (Lipinski definition) is 1. The zero-order chi connectivity index (χ0) is 13.9. The quantitative estimate of drug-likeness (QED) is 0.769. The largest absolute Gasteiger partial charge is 0.310 e. The van der Waals surface area contributed by atoms with Crippen LogP contribution in [0.25, 0.3) is 0 Å². The Hall–Kier alpha value is -0.820. The molecule has 0 spiro atoms. The maximum atomic E-state index is 3.68. The van der Waals surface area contributed by atoms with Gasteiger partial charge in [0.05, 0.1) is 0 Å². The van der Waals surface area contributed by atoms with Gasteiger partial charge in [-0.1, -0.05) is 52.3 Å². The molecule has 0 bridgehead atoms.